The minimum atomic E-state index is -1.62. The Morgan fingerprint density at radius 1 is 0.815 bits per heavy atom. The smallest absolute Gasteiger partial charge is 0.139 e. The van der Waals surface area contributed by atoms with E-state index in [1.165, 1.54) is 44.9 Å². The second kappa shape index (κ2) is 17.5. The van der Waals surface area contributed by atoms with Gasteiger partial charge in [-0.15, -0.1) is 0 Å². The highest BCUT2D eigenvalue weighted by molar-refractivity contribution is 5.58. The van der Waals surface area contributed by atoms with Gasteiger partial charge in [-0.3, -0.25) is 0 Å². The minimum absolute atomic E-state index is 0.307. The molecule has 0 heterocycles. The van der Waals surface area contributed by atoms with Crippen LogP contribution in [0.2, 0.25) is 0 Å². The number of hydrogen-bond donors (Lipinski definition) is 6. The molecule has 0 amide bonds. The van der Waals surface area contributed by atoms with E-state index in [0.717, 1.165) is 12.8 Å². The molecule has 162 valence electrons. The molecule has 0 aliphatic rings. The lowest BCUT2D eigenvalue weighted by Gasteiger charge is -2.26. The summed E-state index contributed by atoms with van der Waals surface area (Å²) in [7, 11) is 0. The van der Waals surface area contributed by atoms with Gasteiger partial charge in [0.25, 0.3) is 0 Å². The van der Waals surface area contributed by atoms with Crippen LogP contribution in [0.25, 0.3) is 0 Å². The molecule has 1 unspecified atom stereocenters. The molecule has 0 radical (unpaired) electrons. The van der Waals surface area contributed by atoms with Crippen LogP contribution in [0.5, 0.6) is 0 Å². The van der Waals surface area contributed by atoms with Crippen molar-refractivity contribution in [3.63, 3.8) is 0 Å². The summed E-state index contributed by atoms with van der Waals surface area (Å²) in [5, 5.41) is 50.4. The predicted octanol–water partition coefficient (Wildman–Crippen LogP) is 0.890. The molecule has 7 heteroatoms. The van der Waals surface area contributed by atoms with Gasteiger partial charge in [0.05, 0.1) is 18.8 Å². The number of aliphatic hydroxyl groups excluding tert-OH is 5. The largest absolute Gasteiger partial charge is 0.394 e. The summed E-state index contributed by atoms with van der Waals surface area (Å²) in [6.07, 6.45) is 7.51. The molecule has 7 nitrogen and oxygen atoms in total. The van der Waals surface area contributed by atoms with Crippen LogP contribution in [0.1, 0.15) is 77.6 Å². The average molecular weight is 392 g/mol. The Bertz CT molecular complexity index is 344. The van der Waals surface area contributed by atoms with Gasteiger partial charge in [-0.25, -0.2) is 0 Å². The van der Waals surface area contributed by atoms with E-state index in [1.54, 1.807) is 0 Å². The van der Waals surface area contributed by atoms with Crippen molar-refractivity contribution in [1.82, 2.24) is 5.32 Å². The highest BCUT2D eigenvalue weighted by Crippen LogP contribution is 2.12. The van der Waals surface area contributed by atoms with Crippen LogP contribution in [0.3, 0.4) is 0 Å². The number of rotatable bonds is 19. The van der Waals surface area contributed by atoms with Crippen molar-refractivity contribution in [3.8, 4) is 0 Å². The number of carbonyl (C=O) groups excluding carboxylic acids is 1. The van der Waals surface area contributed by atoms with E-state index < -0.39 is 37.1 Å². The van der Waals surface area contributed by atoms with E-state index in [-0.39, 0.29) is 0 Å². The van der Waals surface area contributed by atoms with Gasteiger partial charge in [0, 0.05) is 0 Å². The first-order chi connectivity index (χ1) is 13.0. The first kappa shape index (κ1) is 26.4. The summed E-state index contributed by atoms with van der Waals surface area (Å²) in [5.41, 5.74) is 0. The summed E-state index contributed by atoms with van der Waals surface area (Å²) in [6.45, 7) is 1.81. The van der Waals surface area contributed by atoms with Crippen LogP contribution in [0.15, 0.2) is 0 Å². The summed E-state index contributed by atoms with van der Waals surface area (Å²) in [5.74, 6) is 0. The fraction of sp³-hybridized carbons (Fsp3) is 0.950. The second-order valence-corrected chi connectivity index (χ2v) is 7.41. The van der Waals surface area contributed by atoms with Crippen LogP contribution in [-0.2, 0) is 4.79 Å². The van der Waals surface area contributed by atoms with Crippen molar-refractivity contribution in [2.24, 2.45) is 0 Å². The molecular formula is C20H41NO6. The molecule has 27 heavy (non-hydrogen) atoms. The Balaban J connectivity index is 3.76. The average Bonchev–Trinajstić information content (AvgIpc) is 2.68. The van der Waals surface area contributed by atoms with E-state index in [4.69, 9.17) is 5.11 Å². The van der Waals surface area contributed by atoms with Gasteiger partial charge in [-0.05, 0) is 19.4 Å². The fourth-order valence-corrected chi connectivity index (χ4v) is 3.05. The molecule has 0 aromatic rings. The summed E-state index contributed by atoms with van der Waals surface area (Å²) in [4.78, 5) is 11.1. The zero-order chi connectivity index (χ0) is 20.5. The molecule has 0 saturated heterocycles. The Morgan fingerprint density at radius 3 is 1.89 bits per heavy atom. The topological polar surface area (TPSA) is 130 Å². The monoisotopic (exact) mass is 391 g/mol. The lowest BCUT2D eigenvalue weighted by molar-refractivity contribution is -0.120. The second-order valence-electron chi connectivity index (χ2n) is 7.41. The Kier molecular flexibility index (Phi) is 17.2. The van der Waals surface area contributed by atoms with Gasteiger partial charge in [-0.1, -0.05) is 64.7 Å². The standard InChI is InChI=1S/C20H41NO6/c1-2-3-4-5-6-7-8-9-10-11-16(24)12-13-21-17(14-22)19(26)20(27)18(25)15-23/h14,16-21,23-27H,2-13,15H2,1H3/t16?,17-,18+,19+,20+/m0/s1. The highest BCUT2D eigenvalue weighted by atomic mass is 16.4. The van der Waals surface area contributed by atoms with E-state index >= 15 is 0 Å². The zero-order valence-electron chi connectivity index (χ0n) is 16.8. The zero-order valence-corrected chi connectivity index (χ0v) is 16.8. The van der Waals surface area contributed by atoms with Crippen LogP contribution in [-0.4, -0.2) is 75.4 Å². The molecule has 0 aromatic carbocycles. The molecule has 6 N–H and O–H groups in total. The highest BCUT2D eigenvalue weighted by Gasteiger charge is 2.30. The fourth-order valence-electron chi connectivity index (χ4n) is 3.05. The van der Waals surface area contributed by atoms with Crippen molar-refractivity contribution in [2.45, 2.75) is 108 Å². The van der Waals surface area contributed by atoms with Crippen molar-refractivity contribution < 1.29 is 30.3 Å². The minimum Gasteiger partial charge on any atom is -0.394 e. The molecule has 0 spiro atoms. The number of carbonyl (C=O) groups is 1. The molecule has 0 aliphatic heterocycles. The quantitative estimate of drug-likeness (QED) is 0.142. The van der Waals surface area contributed by atoms with Gasteiger partial charge in [-0.2, -0.15) is 0 Å². The van der Waals surface area contributed by atoms with E-state index in [9.17, 15) is 25.2 Å². The van der Waals surface area contributed by atoms with Crippen molar-refractivity contribution in [2.75, 3.05) is 13.2 Å². The molecule has 0 aliphatic carbocycles. The third-order valence-corrected chi connectivity index (χ3v) is 4.94. The van der Waals surface area contributed by atoms with Crippen molar-refractivity contribution >= 4 is 6.29 Å². The first-order valence-electron chi connectivity index (χ1n) is 10.5. The number of aliphatic hydroxyl groups is 5. The summed E-state index contributed by atoms with van der Waals surface area (Å²) < 4.78 is 0. The van der Waals surface area contributed by atoms with Gasteiger partial charge in [0.2, 0.25) is 0 Å². The van der Waals surface area contributed by atoms with Crippen LogP contribution < -0.4 is 5.32 Å². The van der Waals surface area contributed by atoms with Crippen LogP contribution >= 0.6 is 0 Å². The maximum atomic E-state index is 11.1. The van der Waals surface area contributed by atoms with Crippen molar-refractivity contribution in [3.05, 3.63) is 0 Å². The molecule has 0 bridgehead atoms. The number of nitrogens with one attached hydrogen (secondary N) is 1. The molecule has 0 saturated carbocycles. The molecule has 0 rings (SSSR count). The Hall–Kier alpha value is -0.570. The van der Waals surface area contributed by atoms with Crippen LogP contribution in [0, 0.1) is 0 Å². The van der Waals surface area contributed by atoms with Gasteiger partial charge in [0.1, 0.15) is 24.6 Å². The lowest BCUT2D eigenvalue weighted by Crippen LogP contribution is -2.52. The molecule has 5 atom stereocenters. The number of unbranched alkanes of at least 4 members (excludes halogenated alkanes) is 8. The third-order valence-electron chi connectivity index (χ3n) is 4.94. The van der Waals surface area contributed by atoms with Gasteiger partial charge in [0.15, 0.2) is 0 Å². The molecular weight excluding hydrogens is 350 g/mol. The van der Waals surface area contributed by atoms with E-state index in [1.807, 2.05) is 0 Å². The van der Waals surface area contributed by atoms with E-state index in [0.29, 0.717) is 25.7 Å². The van der Waals surface area contributed by atoms with Crippen molar-refractivity contribution in [1.29, 1.82) is 0 Å². The third kappa shape index (κ3) is 13.3. The van der Waals surface area contributed by atoms with Gasteiger partial charge >= 0.3 is 0 Å². The normalized spacial score (nSPS) is 17.3. The summed E-state index contributed by atoms with van der Waals surface area (Å²) in [6, 6.07) is -1.07. The number of hydrogen-bond acceptors (Lipinski definition) is 7. The maximum absolute atomic E-state index is 11.1. The lowest BCUT2D eigenvalue weighted by atomic mass is 10.0. The first-order valence-corrected chi connectivity index (χ1v) is 10.5. The summed E-state index contributed by atoms with van der Waals surface area (Å²) >= 11 is 0. The maximum Gasteiger partial charge on any atom is 0.139 e. The Morgan fingerprint density at radius 2 is 1.37 bits per heavy atom. The predicted molar refractivity (Wildman–Crippen MR) is 105 cm³/mol. The molecule has 0 aromatic heterocycles. The van der Waals surface area contributed by atoms with Gasteiger partial charge < -0.3 is 35.6 Å². The molecule has 0 fully saturated rings. The van der Waals surface area contributed by atoms with Crippen LogP contribution in [0.4, 0.5) is 0 Å². The van der Waals surface area contributed by atoms with E-state index in [2.05, 4.69) is 12.2 Å². The number of aldehydes is 1. The Labute approximate surface area is 163 Å². The SMILES string of the molecule is CCCCCCCCCCCC(O)CCN[C@@H](C=O)[C@@H](O)[C@H](O)[C@H](O)CO.